The zero-order chi connectivity index (χ0) is 17.9. The summed E-state index contributed by atoms with van der Waals surface area (Å²) < 4.78 is 39.1. The van der Waals surface area contributed by atoms with E-state index in [-0.39, 0.29) is 10.9 Å². The molecule has 3 rings (SSSR count). The highest BCUT2D eigenvalue weighted by Crippen LogP contribution is 2.32. The standard InChI is InChI=1S/C18H28N2O4S/c1-15-6-7-18(17(13-15)23-2)25(21,22)20-8-4-3-5-16(20)14-19-9-11-24-12-10-19/h6-7,13,16H,3-5,8-12,14H2,1-2H3/t16-/m1/s1. The van der Waals surface area contributed by atoms with Gasteiger partial charge in [0.2, 0.25) is 10.0 Å². The lowest BCUT2D eigenvalue weighted by atomic mass is 10.0. The summed E-state index contributed by atoms with van der Waals surface area (Å²) in [5, 5.41) is 0. The molecule has 0 N–H and O–H groups in total. The van der Waals surface area contributed by atoms with Crippen molar-refractivity contribution in [3.05, 3.63) is 23.8 Å². The van der Waals surface area contributed by atoms with E-state index < -0.39 is 10.0 Å². The molecule has 25 heavy (non-hydrogen) atoms. The van der Waals surface area contributed by atoms with Crippen molar-refractivity contribution < 1.29 is 17.9 Å². The number of methoxy groups -OCH3 is 1. The van der Waals surface area contributed by atoms with Crippen LogP contribution in [0.25, 0.3) is 0 Å². The topological polar surface area (TPSA) is 59.1 Å². The molecule has 0 aromatic heterocycles. The molecule has 2 fully saturated rings. The minimum Gasteiger partial charge on any atom is -0.495 e. The van der Waals surface area contributed by atoms with Crippen LogP contribution in [-0.4, -0.2) is 70.2 Å². The van der Waals surface area contributed by atoms with Crippen molar-refractivity contribution in [1.29, 1.82) is 0 Å². The second-order valence-electron chi connectivity index (χ2n) is 6.83. The monoisotopic (exact) mass is 368 g/mol. The molecule has 0 bridgehead atoms. The van der Waals surface area contributed by atoms with Gasteiger partial charge in [-0.15, -0.1) is 0 Å². The number of nitrogens with zero attached hydrogens (tertiary/aromatic N) is 2. The normalized spacial score (nSPS) is 23.5. The number of aryl methyl sites for hydroxylation is 1. The van der Waals surface area contributed by atoms with Gasteiger partial charge in [-0.1, -0.05) is 12.5 Å². The van der Waals surface area contributed by atoms with Crippen LogP contribution in [0.1, 0.15) is 24.8 Å². The third-order valence-corrected chi connectivity index (χ3v) is 7.04. The van der Waals surface area contributed by atoms with Crippen LogP contribution in [-0.2, 0) is 14.8 Å². The van der Waals surface area contributed by atoms with Gasteiger partial charge in [0.1, 0.15) is 10.6 Å². The van der Waals surface area contributed by atoms with Crippen LogP contribution in [0.2, 0.25) is 0 Å². The summed E-state index contributed by atoms with van der Waals surface area (Å²) in [6.45, 7) is 6.49. The largest absolute Gasteiger partial charge is 0.495 e. The third-order valence-electron chi connectivity index (χ3n) is 5.05. The van der Waals surface area contributed by atoms with Crippen molar-refractivity contribution in [2.45, 2.75) is 37.1 Å². The molecular weight excluding hydrogens is 340 g/mol. The molecule has 7 heteroatoms. The third kappa shape index (κ3) is 4.16. The summed E-state index contributed by atoms with van der Waals surface area (Å²) in [5.41, 5.74) is 0.985. The molecule has 1 aromatic rings. The lowest BCUT2D eigenvalue weighted by Crippen LogP contribution is -2.51. The first-order valence-corrected chi connectivity index (χ1v) is 10.4. The minimum atomic E-state index is -3.57. The number of rotatable bonds is 5. The average Bonchev–Trinajstić information content (AvgIpc) is 2.62. The number of morpholine rings is 1. The fraction of sp³-hybridized carbons (Fsp3) is 0.667. The minimum absolute atomic E-state index is 0.0165. The van der Waals surface area contributed by atoms with Crippen LogP contribution in [0.4, 0.5) is 0 Å². The maximum atomic E-state index is 13.3. The summed E-state index contributed by atoms with van der Waals surface area (Å²) >= 11 is 0. The molecule has 0 aliphatic carbocycles. The van der Waals surface area contributed by atoms with Crippen LogP contribution in [0.5, 0.6) is 5.75 Å². The van der Waals surface area contributed by atoms with Gasteiger partial charge in [0.05, 0.1) is 20.3 Å². The second kappa shape index (κ2) is 8.03. The molecule has 0 spiro atoms. The maximum absolute atomic E-state index is 13.3. The van der Waals surface area contributed by atoms with Crippen molar-refractivity contribution in [3.63, 3.8) is 0 Å². The Morgan fingerprint density at radius 1 is 1.20 bits per heavy atom. The molecule has 0 amide bonds. The molecule has 0 radical (unpaired) electrons. The van der Waals surface area contributed by atoms with E-state index in [0.717, 1.165) is 57.7 Å². The second-order valence-corrected chi connectivity index (χ2v) is 8.69. The van der Waals surface area contributed by atoms with Crippen LogP contribution < -0.4 is 4.74 Å². The lowest BCUT2D eigenvalue weighted by molar-refractivity contribution is 0.0262. The van der Waals surface area contributed by atoms with Gasteiger partial charge in [-0.25, -0.2) is 8.42 Å². The molecule has 0 saturated carbocycles. The van der Waals surface area contributed by atoms with Gasteiger partial charge in [-0.05, 0) is 37.5 Å². The summed E-state index contributed by atoms with van der Waals surface area (Å²) in [6.07, 6.45) is 2.89. The predicted octanol–water partition coefficient (Wildman–Crippen LogP) is 1.88. The van der Waals surface area contributed by atoms with Gasteiger partial charge in [0.25, 0.3) is 0 Å². The van der Waals surface area contributed by atoms with Crippen LogP contribution in [0.3, 0.4) is 0 Å². The van der Waals surface area contributed by atoms with E-state index in [0.29, 0.717) is 12.3 Å². The van der Waals surface area contributed by atoms with E-state index in [4.69, 9.17) is 9.47 Å². The highest BCUT2D eigenvalue weighted by atomic mass is 32.2. The molecule has 1 atom stereocenters. The van der Waals surface area contributed by atoms with Gasteiger partial charge < -0.3 is 9.47 Å². The zero-order valence-electron chi connectivity index (χ0n) is 15.1. The molecular formula is C18H28N2O4S. The van der Waals surface area contributed by atoms with Gasteiger partial charge in [0, 0.05) is 32.2 Å². The number of hydrogen-bond acceptors (Lipinski definition) is 5. The Kier molecular flexibility index (Phi) is 5.99. The van der Waals surface area contributed by atoms with Crippen molar-refractivity contribution in [3.8, 4) is 5.75 Å². The first-order chi connectivity index (χ1) is 12.0. The Morgan fingerprint density at radius 2 is 1.96 bits per heavy atom. The predicted molar refractivity (Wildman–Crippen MR) is 96.5 cm³/mol. The highest BCUT2D eigenvalue weighted by molar-refractivity contribution is 7.89. The number of hydrogen-bond donors (Lipinski definition) is 0. The zero-order valence-corrected chi connectivity index (χ0v) is 15.9. The fourth-order valence-electron chi connectivity index (χ4n) is 3.67. The smallest absolute Gasteiger partial charge is 0.247 e. The number of piperidine rings is 1. The van der Waals surface area contributed by atoms with Crippen LogP contribution in [0, 0.1) is 6.92 Å². The van der Waals surface area contributed by atoms with Gasteiger partial charge in [-0.3, -0.25) is 4.90 Å². The van der Waals surface area contributed by atoms with Crippen molar-refractivity contribution in [1.82, 2.24) is 9.21 Å². The lowest BCUT2D eigenvalue weighted by Gasteiger charge is -2.38. The Balaban J connectivity index is 1.85. The van der Waals surface area contributed by atoms with Crippen molar-refractivity contribution in [2.75, 3.05) is 46.5 Å². The van der Waals surface area contributed by atoms with E-state index in [9.17, 15) is 8.42 Å². The Labute approximate surface area is 150 Å². The number of sulfonamides is 1. The molecule has 2 saturated heterocycles. The summed E-state index contributed by atoms with van der Waals surface area (Å²) in [6, 6.07) is 5.30. The van der Waals surface area contributed by atoms with Gasteiger partial charge >= 0.3 is 0 Å². The molecule has 140 valence electrons. The summed E-state index contributed by atoms with van der Waals surface area (Å²) in [4.78, 5) is 2.59. The van der Waals surface area contributed by atoms with Crippen LogP contribution >= 0.6 is 0 Å². The van der Waals surface area contributed by atoms with E-state index in [1.54, 1.807) is 16.4 Å². The van der Waals surface area contributed by atoms with Gasteiger partial charge in [-0.2, -0.15) is 4.31 Å². The molecule has 2 aliphatic rings. The average molecular weight is 368 g/mol. The first kappa shape index (κ1) is 18.6. The SMILES string of the molecule is COc1cc(C)ccc1S(=O)(=O)N1CCCC[C@@H]1CN1CCOCC1. The Bertz CT molecular complexity index is 686. The summed E-state index contributed by atoms with van der Waals surface area (Å²) in [5.74, 6) is 0.427. The maximum Gasteiger partial charge on any atom is 0.247 e. The van der Waals surface area contributed by atoms with E-state index in [1.807, 2.05) is 13.0 Å². The highest BCUT2D eigenvalue weighted by Gasteiger charge is 2.36. The Morgan fingerprint density at radius 3 is 2.68 bits per heavy atom. The van der Waals surface area contributed by atoms with E-state index in [2.05, 4.69) is 4.90 Å². The number of benzene rings is 1. The molecule has 6 nitrogen and oxygen atoms in total. The fourth-order valence-corrected chi connectivity index (χ4v) is 5.49. The first-order valence-electron chi connectivity index (χ1n) is 8.99. The summed E-state index contributed by atoms with van der Waals surface area (Å²) in [7, 11) is -2.05. The van der Waals surface area contributed by atoms with E-state index >= 15 is 0 Å². The van der Waals surface area contributed by atoms with Crippen LogP contribution in [0.15, 0.2) is 23.1 Å². The van der Waals surface area contributed by atoms with Gasteiger partial charge in [0.15, 0.2) is 0 Å². The molecule has 2 heterocycles. The quantitative estimate of drug-likeness (QED) is 0.794. The van der Waals surface area contributed by atoms with E-state index in [1.165, 1.54) is 7.11 Å². The molecule has 0 unspecified atom stereocenters. The molecule has 1 aromatic carbocycles. The Hall–Kier alpha value is -1.15. The molecule has 2 aliphatic heterocycles. The van der Waals surface area contributed by atoms with Crippen molar-refractivity contribution >= 4 is 10.0 Å². The number of ether oxygens (including phenoxy) is 2. The van der Waals surface area contributed by atoms with Crippen molar-refractivity contribution in [2.24, 2.45) is 0 Å².